The monoisotopic (exact) mass is 456 g/mol. The average molecular weight is 456 g/mol. The molecule has 168 valence electrons. The molecular weight excluding hydrogens is 420 g/mol. The van der Waals surface area contributed by atoms with E-state index in [1.165, 1.54) is 11.1 Å². The summed E-state index contributed by atoms with van der Waals surface area (Å²) in [6.07, 6.45) is 6.54. The van der Waals surface area contributed by atoms with E-state index in [9.17, 15) is 14.4 Å². The third-order valence-electron chi connectivity index (χ3n) is 5.76. The first-order valence-corrected chi connectivity index (χ1v) is 14.1. The van der Waals surface area contributed by atoms with Gasteiger partial charge in [-0.2, -0.15) is 0 Å². The van der Waals surface area contributed by atoms with Gasteiger partial charge in [0.2, 0.25) is 0 Å². The number of carbonyl (C=O) groups is 3. The van der Waals surface area contributed by atoms with Gasteiger partial charge in [-0.15, -0.1) is 0 Å². The van der Waals surface area contributed by atoms with Gasteiger partial charge in [0.15, 0.2) is 0 Å². The van der Waals surface area contributed by atoms with Crippen molar-refractivity contribution in [3.63, 3.8) is 0 Å². The first kappa shape index (κ1) is 24.9. The zero-order valence-corrected chi connectivity index (χ0v) is 20.7. The van der Waals surface area contributed by atoms with Gasteiger partial charge in [0.25, 0.3) is 0 Å². The second kappa shape index (κ2) is 11.3. The molecule has 0 saturated carbocycles. The van der Waals surface area contributed by atoms with Crippen molar-refractivity contribution in [1.29, 1.82) is 0 Å². The molecule has 0 aromatic rings. The topological polar surface area (TPSA) is 78.9 Å². The fourth-order valence-electron chi connectivity index (χ4n) is 4.43. The van der Waals surface area contributed by atoms with Crippen LogP contribution in [-0.4, -0.2) is 17.9 Å². The second-order valence-electron chi connectivity index (χ2n) is 8.20. The van der Waals surface area contributed by atoms with E-state index >= 15 is 0 Å². The molecule has 7 heteroatoms. The Morgan fingerprint density at radius 3 is 1.67 bits per heavy atom. The molecule has 0 spiro atoms. The standard InChI is InChI=1S/C11H15.3C4H8O2.Ti/c1-8-7-9(2)11-6-4-3-5-10(8)11;3*1-2-3-4(5)6;/h8H,3-6H2,1-2H3;3*2-3H2,1H3,(H,5,6);/q;;;;+3/p-3. The van der Waals surface area contributed by atoms with Crippen LogP contribution in [-0.2, 0) is 42.1 Å². The van der Waals surface area contributed by atoms with Crippen LogP contribution in [0.2, 0.25) is 0 Å². The van der Waals surface area contributed by atoms with E-state index in [2.05, 4.69) is 6.92 Å². The third-order valence-corrected chi connectivity index (χ3v) is 10.4. The molecule has 0 bridgehead atoms. The SMILES string of the molecule is CCCC(=O)[O][Ti]([O]C(=O)CCC)([O]C(=O)CCC)[C]1=C(C)C2=C(CCCC2)C1C. The Morgan fingerprint density at radius 2 is 1.27 bits per heavy atom. The predicted molar refractivity (Wildman–Crippen MR) is 110 cm³/mol. The Labute approximate surface area is 185 Å². The van der Waals surface area contributed by atoms with Gasteiger partial charge in [0.1, 0.15) is 0 Å². The third kappa shape index (κ3) is 5.64. The minimum atomic E-state index is -4.77. The number of carbonyl (C=O) groups excluding carboxylic acids is 3. The van der Waals surface area contributed by atoms with Gasteiger partial charge < -0.3 is 0 Å². The van der Waals surface area contributed by atoms with Gasteiger partial charge in [-0.1, -0.05) is 0 Å². The van der Waals surface area contributed by atoms with Gasteiger partial charge in [-0.25, -0.2) is 0 Å². The molecular formula is C23H36O6Ti. The minimum absolute atomic E-state index is 0.0430. The van der Waals surface area contributed by atoms with E-state index in [0.29, 0.717) is 19.3 Å². The molecule has 2 aliphatic carbocycles. The zero-order valence-electron chi connectivity index (χ0n) is 19.1. The second-order valence-corrected chi connectivity index (χ2v) is 11.7. The predicted octanol–water partition coefficient (Wildman–Crippen LogP) is 5.71. The number of hydrogen-bond acceptors (Lipinski definition) is 6. The van der Waals surface area contributed by atoms with Crippen molar-refractivity contribution in [3.8, 4) is 0 Å². The summed E-state index contributed by atoms with van der Waals surface area (Å²) in [5.74, 6) is -1.45. The maximum absolute atomic E-state index is 12.6. The molecule has 1 unspecified atom stereocenters. The van der Waals surface area contributed by atoms with Crippen LogP contribution in [0.15, 0.2) is 20.6 Å². The molecule has 2 rings (SSSR count). The molecule has 0 aliphatic heterocycles. The van der Waals surface area contributed by atoms with Gasteiger partial charge >= 0.3 is 185 Å². The summed E-state index contributed by atoms with van der Waals surface area (Å²) in [5, 5.41) is 0. The Kier molecular flexibility index (Phi) is 9.36. The maximum atomic E-state index is 12.6. The summed E-state index contributed by atoms with van der Waals surface area (Å²) in [6, 6.07) is 0. The van der Waals surface area contributed by atoms with Crippen LogP contribution in [0.4, 0.5) is 0 Å². The van der Waals surface area contributed by atoms with Crippen molar-refractivity contribution in [1.82, 2.24) is 0 Å². The van der Waals surface area contributed by atoms with Crippen LogP contribution < -0.4 is 0 Å². The van der Waals surface area contributed by atoms with Gasteiger partial charge in [-0.05, 0) is 0 Å². The molecule has 0 aromatic heterocycles. The molecule has 0 heterocycles. The van der Waals surface area contributed by atoms with E-state index in [1.807, 2.05) is 27.7 Å². The van der Waals surface area contributed by atoms with Crippen molar-refractivity contribution in [2.24, 2.45) is 5.92 Å². The molecule has 0 fully saturated rings. The molecule has 1 atom stereocenters. The molecule has 0 radical (unpaired) electrons. The molecule has 0 N–H and O–H groups in total. The van der Waals surface area contributed by atoms with Crippen molar-refractivity contribution >= 4 is 17.9 Å². The molecule has 0 amide bonds. The number of allylic oxidation sites excluding steroid dienone is 4. The summed E-state index contributed by atoms with van der Waals surface area (Å²) in [5.41, 5.74) is 3.58. The molecule has 2 aliphatic rings. The summed E-state index contributed by atoms with van der Waals surface area (Å²) in [7, 11) is 0. The fraction of sp³-hybridized carbons (Fsp3) is 0.696. The Balaban J connectivity index is 2.55. The fourth-order valence-corrected chi connectivity index (χ4v) is 9.08. The van der Waals surface area contributed by atoms with Crippen LogP contribution in [0.3, 0.4) is 0 Å². The van der Waals surface area contributed by atoms with Gasteiger partial charge in [0.05, 0.1) is 0 Å². The van der Waals surface area contributed by atoms with E-state index in [-0.39, 0.29) is 25.2 Å². The van der Waals surface area contributed by atoms with E-state index in [0.717, 1.165) is 35.1 Å². The molecule has 0 aromatic carbocycles. The van der Waals surface area contributed by atoms with Gasteiger partial charge in [-0.3, -0.25) is 0 Å². The normalized spacial score (nSPS) is 18.9. The Bertz CT molecular complexity index is 686. The van der Waals surface area contributed by atoms with Crippen LogP contribution in [0.5, 0.6) is 0 Å². The van der Waals surface area contributed by atoms with Crippen molar-refractivity contribution in [3.05, 3.63) is 20.6 Å². The van der Waals surface area contributed by atoms with Crippen LogP contribution in [0, 0.1) is 5.92 Å². The van der Waals surface area contributed by atoms with E-state index < -0.39 is 35.7 Å². The molecule has 30 heavy (non-hydrogen) atoms. The average Bonchev–Trinajstić information content (AvgIpc) is 2.93. The zero-order chi connectivity index (χ0) is 22.3. The first-order chi connectivity index (χ1) is 14.3. The Hall–Kier alpha value is -1.40. The van der Waals surface area contributed by atoms with Crippen molar-refractivity contribution in [2.75, 3.05) is 0 Å². The number of hydrogen-bond donors (Lipinski definition) is 0. The summed E-state index contributed by atoms with van der Waals surface area (Å²) < 4.78 is 18.5. The van der Waals surface area contributed by atoms with Crippen molar-refractivity contribution in [2.45, 2.75) is 98.8 Å². The van der Waals surface area contributed by atoms with Gasteiger partial charge in [0, 0.05) is 0 Å². The van der Waals surface area contributed by atoms with Crippen LogP contribution in [0.25, 0.3) is 0 Å². The van der Waals surface area contributed by atoms with Crippen molar-refractivity contribution < 1.29 is 42.1 Å². The van der Waals surface area contributed by atoms with E-state index in [4.69, 9.17) is 9.96 Å². The summed E-state index contributed by atoms with van der Waals surface area (Å²) in [6.45, 7) is 9.69. The van der Waals surface area contributed by atoms with Crippen LogP contribution >= 0.6 is 0 Å². The number of rotatable bonds is 10. The molecule has 0 saturated heterocycles. The summed E-state index contributed by atoms with van der Waals surface area (Å²) in [4.78, 5) is 37.9. The molecule has 6 nitrogen and oxygen atoms in total. The Morgan fingerprint density at radius 1 is 0.833 bits per heavy atom. The quantitative estimate of drug-likeness (QED) is 0.392. The summed E-state index contributed by atoms with van der Waals surface area (Å²) >= 11 is -4.77. The van der Waals surface area contributed by atoms with Crippen LogP contribution in [0.1, 0.15) is 98.8 Å². The van der Waals surface area contributed by atoms with E-state index in [1.54, 1.807) is 0 Å². The first-order valence-electron chi connectivity index (χ1n) is 11.4.